The van der Waals surface area contributed by atoms with Gasteiger partial charge in [-0.1, -0.05) is 24.3 Å². The average molecular weight is 431 g/mol. The lowest BCUT2D eigenvalue weighted by molar-refractivity contribution is 0.0746. The van der Waals surface area contributed by atoms with Gasteiger partial charge in [0.2, 0.25) is 10.0 Å². The number of benzene rings is 1. The second-order valence-electron chi connectivity index (χ2n) is 8.54. The van der Waals surface area contributed by atoms with Crippen LogP contribution in [0, 0.1) is 23.6 Å². The van der Waals surface area contributed by atoms with Gasteiger partial charge in [0.1, 0.15) is 5.82 Å². The largest absolute Gasteiger partial charge is 0.393 e. The summed E-state index contributed by atoms with van der Waals surface area (Å²) >= 11 is 0. The molecule has 0 radical (unpaired) electrons. The van der Waals surface area contributed by atoms with Crippen molar-refractivity contribution in [1.29, 1.82) is 0 Å². The molecule has 0 bridgehead atoms. The number of hydrogen-bond acceptors (Lipinski definition) is 4. The van der Waals surface area contributed by atoms with E-state index in [9.17, 15) is 17.9 Å². The van der Waals surface area contributed by atoms with Crippen molar-refractivity contribution < 1.29 is 17.9 Å². The maximum atomic E-state index is 13.4. The third kappa shape index (κ3) is 4.96. The van der Waals surface area contributed by atoms with Gasteiger partial charge in [0.15, 0.2) is 0 Å². The SMILES string of the molecule is CS(=O)(=O)N[C@@H]1C[C@@H]2C[C@H](O)CC[C@H]2[C@@H]1C=Cc1ccc(-c2cccc(F)c2)cn1. The fraction of sp³-hybridized carbons (Fsp3) is 0.435. The molecule has 5 atom stereocenters. The quantitative estimate of drug-likeness (QED) is 0.759. The van der Waals surface area contributed by atoms with E-state index in [2.05, 4.69) is 15.8 Å². The number of nitrogens with zero attached hydrogens (tertiary/aromatic N) is 1. The predicted octanol–water partition coefficient (Wildman–Crippen LogP) is 3.62. The smallest absolute Gasteiger partial charge is 0.208 e. The van der Waals surface area contributed by atoms with Crippen molar-refractivity contribution in [2.45, 2.75) is 37.8 Å². The van der Waals surface area contributed by atoms with Crippen LogP contribution in [-0.2, 0) is 10.0 Å². The number of hydrogen-bond donors (Lipinski definition) is 2. The Bertz CT molecular complexity index is 1020. The normalized spacial score (nSPS) is 29.2. The third-order valence-electron chi connectivity index (χ3n) is 6.33. The Morgan fingerprint density at radius 1 is 1.17 bits per heavy atom. The summed E-state index contributed by atoms with van der Waals surface area (Å²) in [7, 11) is -3.31. The van der Waals surface area contributed by atoms with Crippen molar-refractivity contribution in [2.24, 2.45) is 17.8 Å². The Kier molecular flexibility index (Phi) is 6.04. The summed E-state index contributed by atoms with van der Waals surface area (Å²) in [5.74, 6) is 0.470. The van der Waals surface area contributed by atoms with Crippen LogP contribution in [0.5, 0.6) is 0 Å². The maximum absolute atomic E-state index is 13.4. The molecule has 4 rings (SSSR count). The predicted molar refractivity (Wildman–Crippen MR) is 115 cm³/mol. The van der Waals surface area contributed by atoms with Crippen LogP contribution in [0.15, 0.2) is 48.7 Å². The topological polar surface area (TPSA) is 79.3 Å². The number of sulfonamides is 1. The number of fused-ring (bicyclic) bond motifs is 1. The molecule has 2 aliphatic carbocycles. The van der Waals surface area contributed by atoms with Crippen molar-refractivity contribution in [3.63, 3.8) is 0 Å². The van der Waals surface area contributed by atoms with Crippen LogP contribution in [0.3, 0.4) is 0 Å². The molecule has 0 spiro atoms. The zero-order valence-corrected chi connectivity index (χ0v) is 17.7. The lowest BCUT2D eigenvalue weighted by atomic mass is 9.76. The molecule has 0 unspecified atom stereocenters. The van der Waals surface area contributed by atoms with Gasteiger partial charge in [-0.2, -0.15) is 0 Å². The highest BCUT2D eigenvalue weighted by Crippen LogP contribution is 2.47. The van der Waals surface area contributed by atoms with Gasteiger partial charge in [0, 0.05) is 17.8 Å². The second-order valence-corrected chi connectivity index (χ2v) is 10.3. The van der Waals surface area contributed by atoms with Crippen LogP contribution < -0.4 is 4.72 Å². The molecule has 2 N–H and O–H groups in total. The van der Waals surface area contributed by atoms with Crippen molar-refractivity contribution >= 4 is 16.1 Å². The molecule has 2 saturated carbocycles. The maximum Gasteiger partial charge on any atom is 0.208 e. The summed E-state index contributed by atoms with van der Waals surface area (Å²) in [4.78, 5) is 4.47. The van der Waals surface area contributed by atoms with E-state index >= 15 is 0 Å². The molecule has 1 aromatic carbocycles. The molecule has 1 aromatic heterocycles. The summed E-state index contributed by atoms with van der Waals surface area (Å²) in [6.45, 7) is 0. The highest BCUT2D eigenvalue weighted by atomic mass is 32.2. The van der Waals surface area contributed by atoms with E-state index in [-0.39, 0.29) is 23.9 Å². The van der Waals surface area contributed by atoms with Crippen molar-refractivity contribution in [1.82, 2.24) is 9.71 Å². The first kappa shape index (κ1) is 21.2. The van der Waals surface area contributed by atoms with Crippen LogP contribution >= 0.6 is 0 Å². The van der Waals surface area contributed by atoms with Crippen LogP contribution in [0.1, 0.15) is 31.4 Å². The monoisotopic (exact) mass is 430 g/mol. The van der Waals surface area contributed by atoms with Gasteiger partial charge in [-0.3, -0.25) is 4.98 Å². The van der Waals surface area contributed by atoms with Gasteiger partial charge >= 0.3 is 0 Å². The fourth-order valence-corrected chi connectivity index (χ4v) is 5.86. The van der Waals surface area contributed by atoms with Gasteiger partial charge in [0.25, 0.3) is 0 Å². The first-order valence-electron chi connectivity index (χ1n) is 10.3. The molecule has 0 amide bonds. The minimum Gasteiger partial charge on any atom is -0.393 e. The van der Waals surface area contributed by atoms with E-state index in [1.807, 2.05) is 24.3 Å². The summed E-state index contributed by atoms with van der Waals surface area (Å²) < 4.78 is 39.9. The van der Waals surface area contributed by atoms with Gasteiger partial charge in [-0.15, -0.1) is 0 Å². The number of aromatic nitrogens is 1. The van der Waals surface area contributed by atoms with Crippen molar-refractivity contribution in [2.75, 3.05) is 6.26 Å². The van der Waals surface area contributed by atoms with E-state index < -0.39 is 10.0 Å². The van der Waals surface area contributed by atoms with Crippen LogP contribution in [0.25, 0.3) is 17.2 Å². The highest BCUT2D eigenvalue weighted by Gasteiger charge is 2.45. The second kappa shape index (κ2) is 8.57. The number of nitrogens with one attached hydrogen (secondary N) is 1. The summed E-state index contributed by atoms with van der Waals surface area (Å²) in [5, 5.41) is 10.0. The molecule has 5 nitrogen and oxygen atoms in total. The highest BCUT2D eigenvalue weighted by molar-refractivity contribution is 7.88. The average Bonchev–Trinajstić information content (AvgIpc) is 3.01. The van der Waals surface area contributed by atoms with E-state index in [0.29, 0.717) is 11.8 Å². The molecular weight excluding hydrogens is 403 g/mol. The minimum absolute atomic E-state index is 0.0712. The van der Waals surface area contributed by atoms with Crippen molar-refractivity contribution in [3.8, 4) is 11.1 Å². The number of rotatable bonds is 5. The first-order chi connectivity index (χ1) is 14.3. The minimum atomic E-state index is -3.31. The molecule has 7 heteroatoms. The summed E-state index contributed by atoms with van der Waals surface area (Å²) in [5.41, 5.74) is 2.38. The molecule has 0 aliphatic heterocycles. The molecule has 2 fully saturated rings. The Hall–Kier alpha value is -2.09. The lowest BCUT2D eigenvalue weighted by Crippen LogP contribution is -2.37. The number of aliphatic hydroxyl groups is 1. The molecule has 30 heavy (non-hydrogen) atoms. The Morgan fingerprint density at radius 2 is 2.00 bits per heavy atom. The fourth-order valence-electron chi connectivity index (χ4n) is 5.05. The molecular formula is C23H27FN2O3S. The molecule has 160 valence electrons. The van der Waals surface area contributed by atoms with Crippen LogP contribution in [0.2, 0.25) is 0 Å². The summed E-state index contributed by atoms with van der Waals surface area (Å²) in [6, 6.07) is 10.0. The van der Waals surface area contributed by atoms with E-state index in [0.717, 1.165) is 42.5 Å². The Morgan fingerprint density at radius 3 is 2.70 bits per heavy atom. The number of pyridine rings is 1. The van der Waals surface area contributed by atoms with Crippen LogP contribution in [0.4, 0.5) is 4.39 Å². The zero-order chi connectivity index (χ0) is 21.3. The first-order valence-corrected chi connectivity index (χ1v) is 12.2. The molecule has 2 aliphatic rings. The van der Waals surface area contributed by atoms with Gasteiger partial charge < -0.3 is 5.11 Å². The summed E-state index contributed by atoms with van der Waals surface area (Å²) in [6.07, 6.45) is 9.76. The molecule has 1 heterocycles. The van der Waals surface area contributed by atoms with E-state index in [4.69, 9.17) is 0 Å². The van der Waals surface area contributed by atoms with E-state index in [1.54, 1.807) is 12.3 Å². The zero-order valence-electron chi connectivity index (χ0n) is 16.9. The number of halogens is 1. The van der Waals surface area contributed by atoms with Crippen molar-refractivity contribution in [3.05, 3.63) is 60.2 Å². The van der Waals surface area contributed by atoms with Gasteiger partial charge in [-0.05, 0) is 73.3 Å². The van der Waals surface area contributed by atoms with E-state index in [1.165, 1.54) is 18.4 Å². The number of aliphatic hydroxyl groups excluding tert-OH is 1. The van der Waals surface area contributed by atoms with Gasteiger partial charge in [0.05, 0.1) is 18.1 Å². The van der Waals surface area contributed by atoms with Gasteiger partial charge in [-0.25, -0.2) is 17.5 Å². The Labute approximate surface area is 177 Å². The standard InChI is InChI=1S/C23H27FN2O3S/c1-30(28,29)26-23-13-17-12-20(27)8-10-21(17)22(23)9-7-19-6-5-16(14-25-19)15-3-2-4-18(24)11-15/h2-7,9,11,14,17,20-23,26-27H,8,10,12-13H2,1H3/t17-,20+,21+,22-,23+/m0/s1. The molecule has 2 aromatic rings. The van der Waals surface area contributed by atoms with Crippen LogP contribution in [-0.4, -0.2) is 36.9 Å². The Balaban J connectivity index is 1.53. The third-order valence-corrected chi connectivity index (χ3v) is 7.06. The lowest BCUT2D eigenvalue weighted by Gasteiger charge is -2.31. The molecule has 0 saturated heterocycles.